The van der Waals surface area contributed by atoms with E-state index in [-0.39, 0.29) is 11.9 Å². The SMILES string of the molecule is Cc1cc(C)c(C(CN(C)C)NN)c(F)c1. The highest BCUT2D eigenvalue weighted by molar-refractivity contribution is 5.34. The van der Waals surface area contributed by atoms with Crippen LogP contribution in [0.15, 0.2) is 12.1 Å². The fourth-order valence-corrected chi connectivity index (χ4v) is 1.96. The van der Waals surface area contributed by atoms with Crippen molar-refractivity contribution in [2.45, 2.75) is 19.9 Å². The van der Waals surface area contributed by atoms with Gasteiger partial charge in [-0.05, 0) is 45.1 Å². The zero-order valence-electron chi connectivity index (χ0n) is 10.3. The van der Waals surface area contributed by atoms with Gasteiger partial charge >= 0.3 is 0 Å². The summed E-state index contributed by atoms with van der Waals surface area (Å²) >= 11 is 0. The molecule has 1 rings (SSSR count). The number of hydrogen-bond acceptors (Lipinski definition) is 3. The maximum Gasteiger partial charge on any atom is 0.128 e. The molecule has 1 aromatic rings. The van der Waals surface area contributed by atoms with E-state index in [0.717, 1.165) is 11.1 Å². The zero-order chi connectivity index (χ0) is 12.3. The van der Waals surface area contributed by atoms with Crippen molar-refractivity contribution in [3.05, 3.63) is 34.6 Å². The van der Waals surface area contributed by atoms with E-state index >= 15 is 0 Å². The van der Waals surface area contributed by atoms with Crippen LogP contribution in [0.2, 0.25) is 0 Å². The molecular formula is C12H20FN3. The molecule has 0 radical (unpaired) electrons. The lowest BCUT2D eigenvalue weighted by Gasteiger charge is -2.23. The van der Waals surface area contributed by atoms with E-state index in [4.69, 9.17) is 5.84 Å². The number of rotatable bonds is 4. The Labute approximate surface area is 96.4 Å². The second-order valence-corrected chi connectivity index (χ2v) is 4.46. The van der Waals surface area contributed by atoms with Crippen molar-refractivity contribution < 1.29 is 4.39 Å². The smallest absolute Gasteiger partial charge is 0.128 e. The lowest BCUT2D eigenvalue weighted by atomic mass is 9.98. The van der Waals surface area contributed by atoms with Gasteiger partial charge in [0.1, 0.15) is 5.82 Å². The van der Waals surface area contributed by atoms with E-state index in [1.54, 1.807) is 6.07 Å². The van der Waals surface area contributed by atoms with Crippen molar-refractivity contribution in [3.8, 4) is 0 Å². The standard InChI is InChI=1S/C12H20FN3/c1-8-5-9(2)12(10(13)6-8)11(15-14)7-16(3)4/h5-6,11,15H,7,14H2,1-4H3. The van der Waals surface area contributed by atoms with Crippen molar-refractivity contribution in [1.29, 1.82) is 0 Å². The molecule has 90 valence electrons. The summed E-state index contributed by atoms with van der Waals surface area (Å²) in [6.07, 6.45) is 0. The van der Waals surface area contributed by atoms with Crippen LogP contribution in [0.5, 0.6) is 0 Å². The van der Waals surface area contributed by atoms with Crippen molar-refractivity contribution in [3.63, 3.8) is 0 Å². The summed E-state index contributed by atoms with van der Waals surface area (Å²) < 4.78 is 13.9. The molecule has 4 heteroatoms. The van der Waals surface area contributed by atoms with E-state index in [1.807, 2.05) is 38.9 Å². The number of hydrazine groups is 1. The van der Waals surface area contributed by atoms with Gasteiger partial charge in [0.2, 0.25) is 0 Å². The van der Waals surface area contributed by atoms with Gasteiger partial charge in [0, 0.05) is 12.1 Å². The Hall–Kier alpha value is -0.970. The molecule has 3 nitrogen and oxygen atoms in total. The molecule has 0 saturated carbocycles. The minimum Gasteiger partial charge on any atom is -0.307 e. The molecular weight excluding hydrogens is 205 g/mol. The Morgan fingerprint density at radius 3 is 2.44 bits per heavy atom. The van der Waals surface area contributed by atoms with Crippen LogP contribution in [-0.4, -0.2) is 25.5 Å². The summed E-state index contributed by atoms with van der Waals surface area (Å²) in [6, 6.07) is 3.33. The zero-order valence-corrected chi connectivity index (χ0v) is 10.3. The van der Waals surface area contributed by atoms with Crippen molar-refractivity contribution in [2.24, 2.45) is 5.84 Å². The van der Waals surface area contributed by atoms with Crippen LogP contribution in [0, 0.1) is 19.7 Å². The maximum atomic E-state index is 13.9. The molecule has 0 saturated heterocycles. The predicted octanol–water partition coefficient (Wildman–Crippen LogP) is 1.51. The third-order valence-electron chi connectivity index (χ3n) is 2.58. The van der Waals surface area contributed by atoms with Gasteiger partial charge in [0.15, 0.2) is 0 Å². The average molecular weight is 225 g/mol. The van der Waals surface area contributed by atoms with E-state index in [9.17, 15) is 4.39 Å². The third kappa shape index (κ3) is 3.01. The van der Waals surface area contributed by atoms with Crippen LogP contribution in [0.4, 0.5) is 4.39 Å². The minimum atomic E-state index is -0.192. The van der Waals surface area contributed by atoms with E-state index < -0.39 is 0 Å². The molecule has 0 heterocycles. The molecule has 1 atom stereocenters. The Bertz CT molecular complexity index is 340. The first-order valence-corrected chi connectivity index (χ1v) is 5.33. The van der Waals surface area contributed by atoms with Crippen molar-refractivity contribution >= 4 is 0 Å². The topological polar surface area (TPSA) is 41.3 Å². The maximum absolute atomic E-state index is 13.9. The molecule has 16 heavy (non-hydrogen) atoms. The second kappa shape index (κ2) is 5.39. The fourth-order valence-electron chi connectivity index (χ4n) is 1.96. The monoisotopic (exact) mass is 225 g/mol. The van der Waals surface area contributed by atoms with Crippen LogP contribution < -0.4 is 11.3 Å². The van der Waals surface area contributed by atoms with Crippen LogP contribution in [0.1, 0.15) is 22.7 Å². The Morgan fingerprint density at radius 1 is 1.38 bits per heavy atom. The van der Waals surface area contributed by atoms with Crippen molar-refractivity contribution in [1.82, 2.24) is 10.3 Å². The van der Waals surface area contributed by atoms with Crippen LogP contribution >= 0.6 is 0 Å². The molecule has 1 aromatic carbocycles. The lowest BCUT2D eigenvalue weighted by molar-refractivity contribution is 0.338. The summed E-state index contributed by atoms with van der Waals surface area (Å²) in [7, 11) is 3.87. The number of likely N-dealkylation sites (N-methyl/N-ethyl adjacent to an activating group) is 1. The summed E-state index contributed by atoms with van der Waals surface area (Å²) in [6.45, 7) is 4.46. The van der Waals surface area contributed by atoms with Crippen LogP contribution in [0.3, 0.4) is 0 Å². The number of hydrogen-bond donors (Lipinski definition) is 2. The molecule has 0 aliphatic heterocycles. The molecule has 0 aliphatic carbocycles. The quantitative estimate of drug-likeness (QED) is 0.603. The fraction of sp³-hybridized carbons (Fsp3) is 0.500. The lowest BCUT2D eigenvalue weighted by Crippen LogP contribution is -2.36. The van der Waals surface area contributed by atoms with Crippen LogP contribution in [-0.2, 0) is 0 Å². The molecule has 0 spiro atoms. The molecule has 1 unspecified atom stereocenters. The molecule has 0 amide bonds. The summed E-state index contributed by atoms with van der Waals surface area (Å²) in [5, 5.41) is 0. The van der Waals surface area contributed by atoms with Gasteiger partial charge in [-0.25, -0.2) is 4.39 Å². The van der Waals surface area contributed by atoms with E-state index in [2.05, 4.69) is 5.43 Å². The summed E-state index contributed by atoms with van der Waals surface area (Å²) in [5.74, 6) is 5.29. The highest BCUT2D eigenvalue weighted by Crippen LogP contribution is 2.22. The molecule has 0 aromatic heterocycles. The largest absolute Gasteiger partial charge is 0.307 e. The van der Waals surface area contributed by atoms with Gasteiger partial charge < -0.3 is 4.90 Å². The second-order valence-electron chi connectivity index (χ2n) is 4.46. The van der Waals surface area contributed by atoms with E-state index in [0.29, 0.717) is 12.1 Å². The normalized spacial score (nSPS) is 13.2. The van der Waals surface area contributed by atoms with Gasteiger partial charge in [0.25, 0.3) is 0 Å². The van der Waals surface area contributed by atoms with Gasteiger partial charge in [0.05, 0.1) is 6.04 Å². The van der Waals surface area contributed by atoms with Gasteiger partial charge in [-0.3, -0.25) is 11.3 Å². The number of nitrogens with one attached hydrogen (secondary N) is 1. The first kappa shape index (κ1) is 13.1. The highest BCUT2D eigenvalue weighted by Gasteiger charge is 2.17. The minimum absolute atomic E-state index is 0.185. The number of nitrogens with two attached hydrogens (primary N) is 1. The first-order chi connectivity index (χ1) is 7.45. The number of benzene rings is 1. The van der Waals surface area contributed by atoms with Crippen LogP contribution in [0.25, 0.3) is 0 Å². The molecule has 3 N–H and O–H groups in total. The average Bonchev–Trinajstić information content (AvgIpc) is 2.13. The molecule has 0 aliphatic rings. The Balaban J connectivity index is 3.09. The molecule has 0 fully saturated rings. The number of halogens is 1. The summed E-state index contributed by atoms with van der Waals surface area (Å²) in [5.41, 5.74) is 5.19. The van der Waals surface area contributed by atoms with Gasteiger partial charge in [-0.2, -0.15) is 0 Å². The Morgan fingerprint density at radius 2 is 2.00 bits per heavy atom. The predicted molar refractivity (Wildman–Crippen MR) is 64.5 cm³/mol. The first-order valence-electron chi connectivity index (χ1n) is 5.33. The van der Waals surface area contributed by atoms with Gasteiger partial charge in [-0.15, -0.1) is 0 Å². The highest BCUT2D eigenvalue weighted by atomic mass is 19.1. The number of aryl methyl sites for hydroxylation is 2. The Kier molecular flexibility index (Phi) is 4.41. The summed E-state index contributed by atoms with van der Waals surface area (Å²) in [4.78, 5) is 1.98. The number of nitrogens with zero attached hydrogens (tertiary/aromatic N) is 1. The third-order valence-corrected chi connectivity index (χ3v) is 2.58. The van der Waals surface area contributed by atoms with Crippen molar-refractivity contribution in [2.75, 3.05) is 20.6 Å². The van der Waals surface area contributed by atoms with Gasteiger partial charge in [-0.1, -0.05) is 6.07 Å². The molecule has 0 bridgehead atoms. The van der Waals surface area contributed by atoms with E-state index in [1.165, 1.54) is 0 Å².